The van der Waals surface area contributed by atoms with Crippen LogP contribution in [0.1, 0.15) is 6.42 Å². The molecule has 0 aromatic carbocycles. The zero-order valence-corrected chi connectivity index (χ0v) is 17.7. The molecule has 0 aromatic rings. The van der Waals surface area contributed by atoms with Crippen LogP contribution in [0.15, 0.2) is 12.2 Å². The molecule has 204 valence electrons. The van der Waals surface area contributed by atoms with Crippen LogP contribution in [-0.4, -0.2) is 92.0 Å². The van der Waals surface area contributed by atoms with Crippen molar-refractivity contribution >= 4 is 22.0 Å². The highest BCUT2D eigenvalue weighted by Gasteiger charge is 2.69. The fraction of sp³-hybridized carbons (Fsp3) is 0.733. The summed E-state index contributed by atoms with van der Waals surface area (Å²) in [6.07, 6.45) is -14.7. The number of hydrogen-bond acceptors (Lipinski definition) is 8. The lowest BCUT2D eigenvalue weighted by Crippen LogP contribution is -2.64. The molecule has 0 N–H and O–H groups in total. The van der Waals surface area contributed by atoms with Crippen molar-refractivity contribution in [2.75, 3.05) is 32.9 Å². The zero-order chi connectivity index (χ0) is 27.7. The highest BCUT2D eigenvalue weighted by atomic mass is 32.2. The lowest BCUT2D eigenvalue weighted by molar-refractivity contribution is -0.354. The summed E-state index contributed by atoms with van der Waals surface area (Å²) in [6.45, 7) is -2.41. The standard InChI is InChI=1S/C15H15F10NO8S/c1-8(13(18,19)20)9(27)34-12(14(21,22)23,10(28)26-3-6-32-7-4-26)33-5-2-11(16,17)15(24,25)35(29,30)31/h1-7H2,(H,29,30,31)/p-1. The Bertz CT molecular complexity index is 927. The van der Waals surface area contributed by atoms with Crippen molar-refractivity contribution in [1.82, 2.24) is 4.90 Å². The molecule has 1 fully saturated rings. The maximum absolute atomic E-state index is 13.9. The van der Waals surface area contributed by atoms with Crippen LogP contribution in [0, 0.1) is 0 Å². The van der Waals surface area contributed by atoms with E-state index in [1.807, 2.05) is 0 Å². The van der Waals surface area contributed by atoms with Crippen LogP contribution in [0.2, 0.25) is 0 Å². The Morgan fingerprint density at radius 3 is 1.86 bits per heavy atom. The summed E-state index contributed by atoms with van der Waals surface area (Å²) in [5.41, 5.74) is -2.58. The zero-order valence-electron chi connectivity index (χ0n) is 16.9. The molecule has 1 amide bonds. The summed E-state index contributed by atoms with van der Waals surface area (Å²) < 4.78 is 177. The fourth-order valence-electron chi connectivity index (χ4n) is 2.33. The topological polar surface area (TPSA) is 122 Å². The van der Waals surface area contributed by atoms with Gasteiger partial charge in [0.2, 0.25) is 0 Å². The largest absolute Gasteiger partial charge is 0.743 e. The van der Waals surface area contributed by atoms with E-state index in [9.17, 15) is 66.5 Å². The Morgan fingerprint density at radius 2 is 1.46 bits per heavy atom. The van der Waals surface area contributed by atoms with E-state index in [0.29, 0.717) is 0 Å². The molecule has 1 aliphatic heterocycles. The molecule has 0 spiro atoms. The van der Waals surface area contributed by atoms with Crippen molar-refractivity contribution in [3.8, 4) is 0 Å². The Kier molecular flexibility index (Phi) is 8.86. The lowest BCUT2D eigenvalue weighted by atomic mass is 10.1. The first-order valence-electron chi connectivity index (χ1n) is 8.79. The van der Waals surface area contributed by atoms with E-state index in [0.717, 1.165) is 0 Å². The minimum Gasteiger partial charge on any atom is -0.743 e. The summed E-state index contributed by atoms with van der Waals surface area (Å²) >= 11 is 0. The van der Waals surface area contributed by atoms with Gasteiger partial charge in [-0.2, -0.15) is 43.9 Å². The van der Waals surface area contributed by atoms with Gasteiger partial charge in [0.1, 0.15) is 5.57 Å². The van der Waals surface area contributed by atoms with Crippen molar-refractivity contribution < 1.29 is 80.7 Å². The lowest BCUT2D eigenvalue weighted by Gasteiger charge is -2.38. The van der Waals surface area contributed by atoms with E-state index in [4.69, 9.17) is 4.74 Å². The van der Waals surface area contributed by atoms with Crippen molar-refractivity contribution in [1.29, 1.82) is 0 Å². The van der Waals surface area contributed by atoms with Crippen LogP contribution in [0.25, 0.3) is 0 Å². The molecule has 0 bridgehead atoms. The quantitative estimate of drug-likeness (QED) is 0.138. The van der Waals surface area contributed by atoms with Gasteiger partial charge in [0.05, 0.1) is 19.8 Å². The van der Waals surface area contributed by atoms with Crippen molar-refractivity contribution in [2.45, 2.75) is 35.7 Å². The monoisotopic (exact) mass is 558 g/mol. The highest BCUT2D eigenvalue weighted by molar-refractivity contribution is 7.86. The molecule has 0 aliphatic carbocycles. The Labute approximate surface area is 189 Å². The number of ether oxygens (including phenoxy) is 3. The normalized spacial score (nSPS) is 18.1. The second-order valence-electron chi connectivity index (χ2n) is 6.66. The molecule has 35 heavy (non-hydrogen) atoms. The summed E-state index contributed by atoms with van der Waals surface area (Å²) in [5, 5.41) is -6.36. The van der Waals surface area contributed by atoms with Gasteiger partial charge in [-0.25, -0.2) is 13.2 Å². The number of rotatable bonds is 9. The number of hydrogen-bond donors (Lipinski definition) is 0. The first-order chi connectivity index (χ1) is 15.5. The summed E-state index contributed by atoms with van der Waals surface area (Å²) in [4.78, 5) is 24.4. The summed E-state index contributed by atoms with van der Waals surface area (Å²) in [6, 6.07) is 0. The van der Waals surface area contributed by atoms with Crippen LogP contribution in [-0.2, 0) is 33.9 Å². The smallest absolute Gasteiger partial charge is 0.466 e. The van der Waals surface area contributed by atoms with E-state index in [-0.39, 0.29) is 4.90 Å². The number of carbonyl (C=O) groups is 2. The van der Waals surface area contributed by atoms with Gasteiger partial charge in [-0.15, -0.1) is 0 Å². The van der Waals surface area contributed by atoms with Gasteiger partial charge in [0.25, 0.3) is 0 Å². The average molecular weight is 558 g/mol. The Hall–Kier alpha value is -2.19. The third-order valence-electron chi connectivity index (χ3n) is 4.24. The molecule has 0 saturated carbocycles. The van der Waals surface area contributed by atoms with Crippen molar-refractivity contribution in [3.05, 3.63) is 12.2 Å². The van der Waals surface area contributed by atoms with Gasteiger partial charge >= 0.3 is 41.2 Å². The molecule has 0 aromatic heterocycles. The number of nitrogens with zero attached hydrogens (tertiary/aromatic N) is 1. The van der Waals surface area contributed by atoms with Crippen LogP contribution in [0.4, 0.5) is 43.9 Å². The van der Waals surface area contributed by atoms with Gasteiger partial charge < -0.3 is 23.7 Å². The summed E-state index contributed by atoms with van der Waals surface area (Å²) in [5.74, 6) is -16.3. The minimum atomic E-state index is -7.06. The van der Waals surface area contributed by atoms with Crippen LogP contribution in [0.3, 0.4) is 0 Å². The first kappa shape index (κ1) is 30.8. The number of amides is 1. The predicted molar refractivity (Wildman–Crippen MR) is 87.6 cm³/mol. The maximum atomic E-state index is 13.9. The number of halogens is 10. The first-order valence-corrected chi connectivity index (χ1v) is 10.2. The number of alkyl halides is 10. The third-order valence-corrected chi connectivity index (χ3v) is 5.17. The van der Waals surface area contributed by atoms with Crippen LogP contribution < -0.4 is 0 Å². The van der Waals surface area contributed by atoms with Gasteiger partial charge in [-0.05, 0) is 0 Å². The molecule has 1 aliphatic rings. The van der Waals surface area contributed by atoms with Gasteiger partial charge in [0.15, 0.2) is 10.1 Å². The summed E-state index contributed by atoms with van der Waals surface area (Å²) in [7, 11) is -7.06. The maximum Gasteiger partial charge on any atom is 0.466 e. The van der Waals surface area contributed by atoms with Gasteiger partial charge in [0, 0.05) is 19.5 Å². The predicted octanol–water partition coefficient (Wildman–Crippen LogP) is 1.95. The molecule has 1 rings (SSSR count). The Balaban J connectivity index is 3.42. The van der Waals surface area contributed by atoms with Crippen LogP contribution in [0.5, 0.6) is 0 Å². The Morgan fingerprint density at radius 1 is 0.971 bits per heavy atom. The van der Waals surface area contributed by atoms with Crippen molar-refractivity contribution in [2.24, 2.45) is 0 Å². The number of morpholine rings is 1. The molecule has 1 unspecified atom stereocenters. The van der Waals surface area contributed by atoms with Gasteiger partial charge in [-0.1, -0.05) is 6.58 Å². The van der Waals surface area contributed by atoms with E-state index in [1.54, 1.807) is 0 Å². The molecular weight excluding hydrogens is 544 g/mol. The van der Waals surface area contributed by atoms with E-state index >= 15 is 0 Å². The second kappa shape index (κ2) is 10.1. The minimum absolute atomic E-state index is 0.204. The van der Waals surface area contributed by atoms with Crippen LogP contribution >= 0.6 is 0 Å². The molecule has 1 atom stereocenters. The molecule has 1 heterocycles. The average Bonchev–Trinajstić information content (AvgIpc) is 2.69. The molecule has 20 heteroatoms. The second-order valence-corrected chi connectivity index (χ2v) is 8.08. The molecule has 0 radical (unpaired) electrons. The number of carbonyl (C=O) groups excluding carboxylic acids is 2. The fourth-order valence-corrected chi connectivity index (χ4v) is 2.80. The van der Waals surface area contributed by atoms with E-state index in [1.165, 1.54) is 0 Å². The van der Waals surface area contributed by atoms with Gasteiger partial charge in [-0.3, -0.25) is 4.79 Å². The van der Waals surface area contributed by atoms with Crippen molar-refractivity contribution in [3.63, 3.8) is 0 Å². The molecule has 9 nitrogen and oxygen atoms in total. The number of esters is 1. The molecular formula is C15H14F10NO8S-. The SMILES string of the molecule is C=C(C(=O)OC(OCCC(F)(F)C(F)(F)S(=O)(=O)[O-])(C(=O)N1CCOCC1)C(F)(F)F)C(F)(F)F. The highest BCUT2D eigenvalue weighted by Crippen LogP contribution is 2.43. The third kappa shape index (κ3) is 6.53. The van der Waals surface area contributed by atoms with E-state index < -0.39 is 96.2 Å². The van der Waals surface area contributed by atoms with E-state index in [2.05, 4.69) is 16.1 Å². The molecule has 1 saturated heterocycles.